The number of nitrogens with one attached hydrogen (secondary N) is 1. The Bertz CT molecular complexity index is 820. The lowest BCUT2D eigenvalue weighted by Gasteiger charge is -2.28. The van der Waals surface area contributed by atoms with Gasteiger partial charge in [0.25, 0.3) is 0 Å². The van der Waals surface area contributed by atoms with Gasteiger partial charge in [-0.3, -0.25) is 9.10 Å². The second-order valence-electron chi connectivity index (χ2n) is 6.11. The van der Waals surface area contributed by atoms with Crippen LogP contribution in [0, 0.1) is 0 Å². The van der Waals surface area contributed by atoms with Gasteiger partial charge < -0.3 is 14.6 Å². The molecule has 0 aliphatic heterocycles. The first-order chi connectivity index (χ1) is 12.8. The number of nitrogens with zero attached hydrogens (tertiary/aromatic N) is 3. The van der Waals surface area contributed by atoms with Crippen molar-refractivity contribution in [3.8, 4) is 5.75 Å². The van der Waals surface area contributed by atoms with Crippen molar-refractivity contribution in [2.75, 3.05) is 23.7 Å². The highest BCUT2D eigenvalue weighted by atomic mass is 32.2. The molecule has 148 valence electrons. The van der Waals surface area contributed by atoms with Crippen LogP contribution in [0.3, 0.4) is 0 Å². The Hall–Kier alpha value is -2.55. The summed E-state index contributed by atoms with van der Waals surface area (Å²) in [4.78, 5) is 16.4. The molecular formula is C18H26N4O4S. The number of hydrogen-bond acceptors (Lipinski definition) is 5. The Kier molecular flexibility index (Phi) is 7.23. The van der Waals surface area contributed by atoms with E-state index in [0.29, 0.717) is 24.6 Å². The predicted molar refractivity (Wildman–Crippen MR) is 104 cm³/mol. The minimum absolute atomic E-state index is 0.347. The van der Waals surface area contributed by atoms with Gasteiger partial charge in [-0.15, -0.1) is 0 Å². The molecule has 1 heterocycles. The molecule has 0 radical (unpaired) electrons. The largest absolute Gasteiger partial charge is 0.494 e. The van der Waals surface area contributed by atoms with Gasteiger partial charge in [0.05, 0.1) is 24.9 Å². The zero-order valence-electron chi connectivity index (χ0n) is 15.8. The number of amides is 1. The highest BCUT2D eigenvalue weighted by Crippen LogP contribution is 2.24. The lowest BCUT2D eigenvalue weighted by Crippen LogP contribution is -2.48. The molecule has 0 spiro atoms. The van der Waals surface area contributed by atoms with Crippen LogP contribution in [0.1, 0.15) is 20.3 Å². The fraction of sp³-hybridized carbons (Fsp3) is 0.444. The van der Waals surface area contributed by atoms with E-state index < -0.39 is 16.1 Å². The molecule has 0 saturated heterocycles. The number of carbonyl (C=O) groups excluding carboxylic acids is 1. The van der Waals surface area contributed by atoms with Gasteiger partial charge in [0.2, 0.25) is 15.9 Å². The second-order valence-corrected chi connectivity index (χ2v) is 7.97. The Labute approximate surface area is 160 Å². The second kappa shape index (κ2) is 9.40. The number of hydrogen-bond donors (Lipinski definition) is 1. The van der Waals surface area contributed by atoms with Crippen LogP contribution < -0.4 is 14.4 Å². The number of anilines is 1. The van der Waals surface area contributed by atoms with Crippen LogP contribution >= 0.6 is 0 Å². The summed E-state index contributed by atoms with van der Waals surface area (Å²) in [5, 5.41) is 2.80. The molecule has 0 fully saturated rings. The lowest BCUT2D eigenvalue weighted by molar-refractivity contribution is -0.121. The van der Waals surface area contributed by atoms with E-state index >= 15 is 0 Å². The van der Waals surface area contributed by atoms with Crippen LogP contribution in [0.2, 0.25) is 0 Å². The molecule has 2 rings (SSSR count). The van der Waals surface area contributed by atoms with Gasteiger partial charge in [0.15, 0.2) is 0 Å². The molecule has 1 aromatic heterocycles. The van der Waals surface area contributed by atoms with Crippen LogP contribution in [0.15, 0.2) is 43.0 Å². The number of ether oxygens (including phenoxy) is 1. The SMILES string of the molecule is CCOc1ccc(N([C@@H](C)C(=O)NCCCn2ccnc2)S(C)(=O)=O)cc1. The molecule has 0 saturated carbocycles. The number of aryl methyl sites for hydroxylation is 1. The number of aromatic nitrogens is 2. The zero-order valence-corrected chi connectivity index (χ0v) is 16.6. The number of carbonyl (C=O) groups is 1. The van der Waals surface area contributed by atoms with E-state index in [1.54, 1.807) is 43.7 Å². The maximum absolute atomic E-state index is 12.5. The zero-order chi connectivity index (χ0) is 19.9. The van der Waals surface area contributed by atoms with Gasteiger partial charge >= 0.3 is 0 Å². The molecule has 0 aliphatic carbocycles. The molecule has 2 aromatic rings. The van der Waals surface area contributed by atoms with Gasteiger partial charge in [0.1, 0.15) is 11.8 Å². The van der Waals surface area contributed by atoms with Crippen LogP contribution in [-0.2, 0) is 21.4 Å². The first-order valence-electron chi connectivity index (χ1n) is 8.78. The monoisotopic (exact) mass is 394 g/mol. The maximum atomic E-state index is 12.5. The number of benzene rings is 1. The Morgan fingerprint density at radius 1 is 1.33 bits per heavy atom. The van der Waals surface area contributed by atoms with Crippen molar-refractivity contribution >= 4 is 21.6 Å². The van der Waals surface area contributed by atoms with E-state index in [2.05, 4.69) is 10.3 Å². The molecule has 8 nitrogen and oxygen atoms in total. The van der Waals surface area contributed by atoms with Crippen molar-refractivity contribution in [3.05, 3.63) is 43.0 Å². The fourth-order valence-electron chi connectivity index (χ4n) is 2.70. The average Bonchev–Trinajstić information content (AvgIpc) is 3.12. The molecule has 1 aromatic carbocycles. The Morgan fingerprint density at radius 3 is 2.59 bits per heavy atom. The molecule has 1 amide bonds. The summed E-state index contributed by atoms with van der Waals surface area (Å²) >= 11 is 0. The first kappa shape index (κ1) is 20.8. The van der Waals surface area contributed by atoms with E-state index in [0.717, 1.165) is 23.5 Å². The first-order valence-corrected chi connectivity index (χ1v) is 10.6. The van der Waals surface area contributed by atoms with Crippen LogP contribution in [0.5, 0.6) is 5.75 Å². The number of sulfonamides is 1. The van der Waals surface area contributed by atoms with Crippen molar-refractivity contribution in [2.45, 2.75) is 32.9 Å². The standard InChI is InChI=1S/C18H26N4O4S/c1-4-26-17-8-6-16(7-9-17)22(27(3,24)25)15(2)18(23)20-10-5-12-21-13-11-19-14-21/h6-9,11,13-15H,4-5,10,12H2,1-3H3,(H,20,23)/t15-/m0/s1. The molecule has 0 aliphatic rings. The molecule has 9 heteroatoms. The summed E-state index contributed by atoms with van der Waals surface area (Å²) in [6.07, 6.45) is 7.06. The normalized spacial score (nSPS) is 12.4. The van der Waals surface area contributed by atoms with Gasteiger partial charge in [-0.25, -0.2) is 13.4 Å². The fourth-order valence-corrected chi connectivity index (χ4v) is 3.88. The molecule has 0 unspecified atom stereocenters. The van der Waals surface area contributed by atoms with Gasteiger partial charge in [-0.05, 0) is 44.5 Å². The van der Waals surface area contributed by atoms with Crippen molar-refractivity contribution in [3.63, 3.8) is 0 Å². The summed E-state index contributed by atoms with van der Waals surface area (Å²) < 4.78 is 33.0. The van der Waals surface area contributed by atoms with Crippen molar-refractivity contribution in [1.29, 1.82) is 0 Å². The highest BCUT2D eigenvalue weighted by molar-refractivity contribution is 7.92. The molecule has 0 bridgehead atoms. The predicted octanol–water partition coefficient (Wildman–Crippen LogP) is 1.64. The number of rotatable bonds is 10. The lowest BCUT2D eigenvalue weighted by atomic mass is 10.2. The average molecular weight is 394 g/mol. The molecule has 1 atom stereocenters. The van der Waals surface area contributed by atoms with Gasteiger partial charge in [-0.2, -0.15) is 0 Å². The maximum Gasteiger partial charge on any atom is 0.243 e. The molecule has 1 N–H and O–H groups in total. The van der Waals surface area contributed by atoms with E-state index in [4.69, 9.17) is 4.74 Å². The highest BCUT2D eigenvalue weighted by Gasteiger charge is 2.28. The summed E-state index contributed by atoms with van der Waals surface area (Å²) in [7, 11) is -3.63. The van der Waals surface area contributed by atoms with Crippen molar-refractivity contribution in [2.24, 2.45) is 0 Å². The van der Waals surface area contributed by atoms with Crippen molar-refractivity contribution < 1.29 is 17.9 Å². The third-order valence-corrected chi connectivity index (χ3v) is 5.18. The third kappa shape index (κ3) is 5.99. The Morgan fingerprint density at radius 2 is 2.04 bits per heavy atom. The van der Waals surface area contributed by atoms with Crippen LogP contribution in [-0.4, -0.2) is 49.3 Å². The van der Waals surface area contributed by atoms with E-state index in [1.807, 2.05) is 17.7 Å². The quantitative estimate of drug-likeness (QED) is 0.619. The third-order valence-electron chi connectivity index (χ3n) is 3.94. The number of imidazole rings is 1. The smallest absolute Gasteiger partial charge is 0.243 e. The topological polar surface area (TPSA) is 93.5 Å². The minimum atomic E-state index is -3.63. The summed E-state index contributed by atoms with van der Waals surface area (Å²) in [6, 6.07) is 5.77. The van der Waals surface area contributed by atoms with E-state index in [9.17, 15) is 13.2 Å². The van der Waals surface area contributed by atoms with E-state index in [1.165, 1.54) is 0 Å². The molecule has 27 heavy (non-hydrogen) atoms. The molecular weight excluding hydrogens is 368 g/mol. The van der Waals surface area contributed by atoms with Crippen LogP contribution in [0.4, 0.5) is 5.69 Å². The van der Waals surface area contributed by atoms with Crippen LogP contribution in [0.25, 0.3) is 0 Å². The summed E-state index contributed by atoms with van der Waals surface area (Å²) in [5.74, 6) is 0.297. The van der Waals surface area contributed by atoms with Gasteiger partial charge in [-0.1, -0.05) is 0 Å². The summed E-state index contributed by atoms with van der Waals surface area (Å²) in [5.41, 5.74) is 0.419. The minimum Gasteiger partial charge on any atom is -0.494 e. The summed E-state index contributed by atoms with van der Waals surface area (Å²) in [6.45, 7) is 5.14. The van der Waals surface area contributed by atoms with Crippen molar-refractivity contribution in [1.82, 2.24) is 14.9 Å². The Balaban J connectivity index is 2.00. The van der Waals surface area contributed by atoms with E-state index in [-0.39, 0.29) is 5.91 Å². The van der Waals surface area contributed by atoms with Gasteiger partial charge in [0, 0.05) is 25.5 Å².